The molecule has 6 nitrogen and oxygen atoms in total. The zero-order valence-corrected chi connectivity index (χ0v) is 16.2. The number of aryl methyl sites for hydroxylation is 2. The van der Waals surface area contributed by atoms with Crippen molar-refractivity contribution < 1.29 is 9.47 Å². The van der Waals surface area contributed by atoms with E-state index in [1.165, 1.54) is 10.6 Å². The summed E-state index contributed by atoms with van der Waals surface area (Å²) in [6.45, 7) is 6.88. The van der Waals surface area contributed by atoms with Crippen molar-refractivity contribution >= 4 is 17.3 Å². The van der Waals surface area contributed by atoms with Crippen LogP contribution >= 0.6 is 11.3 Å². The molecule has 26 heavy (non-hydrogen) atoms. The lowest BCUT2D eigenvalue weighted by molar-refractivity contribution is 0.174. The number of thiazole rings is 1. The summed E-state index contributed by atoms with van der Waals surface area (Å²) in [5.74, 6) is 2.52. The second-order valence-electron chi connectivity index (χ2n) is 6.11. The van der Waals surface area contributed by atoms with E-state index in [4.69, 9.17) is 9.47 Å². The number of aromatic nitrogens is 1. The fourth-order valence-electron chi connectivity index (χ4n) is 2.70. The van der Waals surface area contributed by atoms with Gasteiger partial charge in [0.05, 0.1) is 5.01 Å². The molecule has 0 saturated heterocycles. The van der Waals surface area contributed by atoms with Crippen molar-refractivity contribution in [3.8, 4) is 11.5 Å². The molecule has 2 N–H and O–H groups in total. The van der Waals surface area contributed by atoms with Crippen molar-refractivity contribution in [2.75, 3.05) is 26.4 Å². The summed E-state index contributed by atoms with van der Waals surface area (Å²) in [5, 5.41) is 9.98. The number of hydrogen-bond acceptors (Lipinski definition) is 5. The van der Waals surface area contributed by atoms with Crippen molar-refractivity contribution in [2.45, 2.75) is 33.1 Å². The molecule has 0 bridgehead atoms. The quantitative estimate of drug-likeness (QED) is 0.422. The van der Waals surface area contributed by atoms with Gasteiger partial charge < -0.3 is 20.1 Å². The maximum Gasteiger partial charge on any atom is 0.231 e. The van der Waals surface area contributed by atoms with E-state index in [0.29, 0.717) is 6.79 Å². The predicted molar refractivity (Wildman–Crippen MR) is 105 cm³/mol. The van der Waals surface area contributed by atoms with Crippen LogP contribution in [0, 0.1) is 6.92 Å². The van der Waals surface area contributed by atoms with Gasteiger partial charge in [-0.1, -0.05) is 6.07 Å². The van der Waals surface area contributed by atoms with Gasteiger partial charge in [-0.05, 0) is 44.4 Å². The van der Waals surface area contributed by atoms with Crippen LogP contribution in [0.2, 0.25) is 0 Å². The molecular weight excluding hydrogens is 348 g/mol. The van der Waals surface area contributed by atoms with E-state index < -0.39 is 0 Å². The fourth-order valence-corrected chi connectivity index (χ4v) is 3.52. The molecule has 3 rings (SSSR count). The highest BCUT2D eigenvalue weighted by Gasteiger charge is 2.12. The van der Waals surface area contributed by atoms with Crippen LogP contribution in [0.15, 0.2) is 28.6 Å². The first-order valence-corrected chi connectivity index (χ1v) is 9.94. The highest BCUT2D eigenvalue weighted by molar-refractivity contribution is 7.09. The molecule has 0 atom stereocenters. The number of hydrogen-bond donors (Lipinski definition) is 2. The number of aliphatic imine (C=N–C) groups is 1. The van der Waals surface area contributed by atoms with Gasteiger partial charge in [0.1, 0.15) is 0 Å². The fraction of sp³-hybridized carbons (Fsp3) is 0.474. The molecule has 0 saturated carbocycles. The summed E-state index contributed by atoms with van der Waals surface area (Å²) >= 11 is 1.73. The summed E-state index contributed by atoms with van der Waals surface area (Å²) in [4.78, 5) is 9.14. The zero-order valence-electron chi connectivity index (χ0n) is 15.4. The van der Waals surface area contributed by atoms with Gasteiger partial charge in [0.15, 0.2) is 17.5 Å². The SMILES string of the molecule is CCNC(=NCCCc1nc(C)cs1)NCCc1ccc2c(c1)OCO2. The molecule has 0 amide bonds. The lowest BCUT2D eigenvalue weighted by atomic mass is 10.1. The molecular formula is C19H26N4O2S. The second-order valence-corrected chi connectivity index (χ2v) is 7.05. The Balaban J connectivity index is 1.42. The molecule has 0 unspecified atom stereocenters. The number of rotatable bonds is 8. The average Bonchev–Trinajstić information content (AvgIpc) is 3.27. The molecule has 1 aliphatic rings. The Morgan fingerprint density at radius 1 is 1.23 bits per heavy atom. The summed E-state index contributed by atoms with van der Waals surface area (Å²) in [7, 11) is 0. The molecule has 2 aromatic rings. The van der Waals surface area contributed by atoms with E-state index in [1.807, 2.05) is 19.1 Å². The first-order valence-electron chi connectivity index (χ1n) is 9.06. The minimum absolute atomic E-state index is 0.314. The topological polar surface area (TPSA) is 67.8 Å². The van der Waals surface area contributed by atoms with Crippen LogP contribution in [-0.4, -0.2) is 37.4 Å². The predicted octanol–water partition coefficient (Wildman–Crippen LogP) is 2.91. The van der Waals surface area contributed by atoms with Gasteiger partial charge in [-0.15, -0.1) is 11.3 Å². The highest BCUT2D eigenvalue weighted by Crippen LogP contribution is 2.32. The molecule has 0 spiro atoms. The number of fused-ring (bicyclic) bond motifs is 1. The average molecular weight is 375 g/mol. The smallest absolute Gasteiger partial charge is 0.231 e. The molecule has 0 fully saturated rings. The lowest BCUT2D eigenvalue weighted by Gasteiger charge is -2.11. The standard InChI is InChI=1S/C19H26N4O2S/c1-3-20-19(21-9-4-5-18-23-14(2)12-26-18)22-10-8-15-6-7-16-17(11-15)25-13-24-16/h6-7,11-12H,3-5,8-10,13H2,1-2H3,(H2,20,21,22). The van der Waals surface area contributed by atoms with Gasteiger partial charge in [0.25, 0.3) is 0 Å². The van der Waals surface area contributed by atoms with E-state index in [1.54, 1.807) is 11.3 Å². The summed E-state index contributed by atoms with van der Waals surface area (Å²) < 4.78 is 10.8. The van der Waals surface area contributed by atoms with Crippen LogP contribution < -0.4 is 20.1 Å². The summed E-state index contributed by atoms with van der Waals surface area (Å²) in [6.07, 6.45) is 2.89. The van der Waals surface area contributed by atoms with Crippen molar-refractivity contribution in [3.05, 3.63) is 39.8 Å². The van der Waals surface area contributed by atoms with E-state index >= 15 is 0 Å². The van der Waals surface area contributed by atoms with E-state index in [9.17, 15) is 0 Å². The Bertz CT molecular complexity index is 745. The molecule has 2 heterocycles. The third-order valence-electron chi connectivity index (χ3n) is 3.97. The number of benzene rings is 1. The Morgan fingerprint density at radius 2 is 2.12 bits per heavy atom. The Labute approximate surface area is 158 Å². The third kappa shape index (κ3) is 5.36. The number of guanidine groups is 1. The van der Waals surface area contributed by atoms with Crippen LogP contribution in [0.5, 0.6) is 11.5 Å². The molecule has 0 aliphatic carbocycles. The van der Waals surface area contributed by atoms with Crippen LogP contribution in [0.1, 0.15) is 29.6 Å². The molecule has 140 valence electrons. The largest absolute Gasteiger partial charge is 0.454 e. The first-order chi connectivity index (χ1) is 12.7. The van der Waals surface area contributed by atoms with Crippen LogP contribution in [0.3, 0.4) is 0 Å². The van der Waals surface area contributed by atoms with Crippen molar-refractivity contribution in [1.82, 2.24) is 15.6 Å². The second kappa shape index (κ2) is 9.43. The van der Waals surface area contributed by atoms with Crippen molar-refractivity contribution in [2.24, 2.45) is 4.99 Å². The molecule has 7 heteroatoms. The van der Waals surface area contributed by atoms with Gasteiger partial charge >= 0.3 is 0 Å². The van der Waals surface area contributed by atoms with Gasteiger partial charge in [0, 0.05) is 37.1 Å². The van der Waals surface area contributed by atoms with E-state index in [2.05, 4.69) is 39.0 Å². The summed E-state index contributed by atoms with van der Waals surface area (Å²) in [5.41, 5.74) is 2.32. The minimum Gasteiger partial charge on any atom is -0.454 e. The highest BCUT2D eigenvalue weighted by atomic mass is 32.1. The van der Waals surface area contributed by atoms with Crippen LogP contribution in [0.25, 0.3) is 0 Å². The van der Waals surface area contributed by atoms with E-state index in [-0.39, 0.29) is 0 Å². The Morgan fingerprint density at radius 3 is 2.92 bits per heavy atom. The zero-order chi connectivity index (χ0) is 18.2. The normalized spacial score (nSPS) is 13.1. The minimum atomic E-state index is 0.314. The maximum atomic E-state index is 5.43. The van der Waals surface area contributed by atoms with Gasteiger partial charge in [-0.25, -0.2) is 4.98 Å². The van der Waals surface area contributed by atoms with E-state index in [0.717, 1.165) is 62.0 Å². The Kier molecular flexibility index (Phi) is 6.71. The molecule has 1 aromatic heterocycles. The maximum absolute atomic E-state index is 5.43. The van der Waals surface area contributed by atoms with Gasteiger partial charge in [-0.2, -0.15) is 0 Å². The Hall–Kier alpha value is -2.28. The molecule has 1 aliphatic heterocycles. The molecule has 0 radical (unpaired) electrons. The number of ether oxygens (including phenoxy) is 2. The van der Waals surface area contributed by atoms with Gasteiger partial charge in [-0.3, -0.25) is 4.99 Å². The van der Waals surface area contributed by atoms with Crippen LogP contribution in [-0.2, 0) is 12.8 Å². The van der Waals surface area contributed by atoms with Crippen molar-refractivity contribution in [1.29, 1.82) is 0 Å². The number of nitrogens with zero attached hydrogens (tertiary/aromatic N) is 2. The first kappa shape index (κ1) is 18.5. The third-order valence-corrected chi connectivity index (χ3v) is 5.00. The number of nitrogens with one attached hydrogen (secondary N) is 2. The van der Waals surface area contributed by atoms with Gasteiger partial charge in [0.2, 0.25) is 6.79 Å². The monoisotopic (exact) mass is 374 g/mol. The van der Waals surface area contributed by atoms with Crippen molar-refractivity contribution in [3.63, 3.8) is 0 Å². The lowest BCUT2D eigenvalue weighted by Crippen LogP contribution is -2.38. The van der Waals surface area contributed by atoms with Crippen LogP contribution in [0.4, 0.5) is 0 Å². The molecule has 1 aromatic carbocycles. The summed E-state index contributed by atoms with van der Waals surface area (Å²) in [6, 6.07) is 6.09.